The lowest BCUT2D eigenvalue weighted by molar-refractivity contribution is -0.121. The number of anilines is 1. The second kappa shape index (κ2) is 6.18. The molecule has 1 saturated heterocycles. The number of nitrogens with zero attached hydrogens (tertiary/aromatic N) is 2. The van der Waals surface area contributed by atoms with Gasteiger partial charge in [0.25, 0.3) is 0 Å². The number of carbonyl (C=O) groups excluding carboxylic acids is 1. The fourth-order valence-corrected chi connectivity index (χ4v) is 2.22. The van der Waals surface area contributed by atoms with Gasteiger partial charge < -0.3 is 10.2 Å². The van der Waals surface area contributed by atoms with E-state index in [2.05, 4.69) is 11.4 Å². The molecule has 4 heteroatoms. The summed E-state index contributed by atoms with van der Waals surface area (Å²) >= 11 is 0. The molecule has 0 bridgehead atoms. The maximum atomic E-state index is 12.4. The highest BCUT2D eigenvalue weighted by molar-refractivity contribution is 5.95. The molecule has 1 atom stereocenters. The second-order valence-electron chi connectivity index (χ2n) is 4.42. The number of amides is 1. The summed E-state index contributed by atoms with van der Waals surface area (Å²) in [4.78, 5) is 14.2. The average Bonchev–Trinajstić information content (AvgIpc) is 2.94. The Labute approximate surface area is 107 Å². The Morgan fingerprint density at radius 2 is 2.22 bits per heavy atom. The van der Waals surface area contributed by atoms with Crippen LogP contribution in [0.4, 0.5) is 5.69 Å². The fraction of sp³-hybridized carbons (Fsp3) is 0.429. The quantitative estimate of drug-likeness (QED) is 0.872. The molecule has 0 aliphatic carbocycles. The SMILES string of the molecule is N#CCCN(C(=O)C1CCNC1)c1ccccc1. The van der Waals surface area contributed by atoms with Gasteiger partial charge in [-0.05, 0) is 25.1 Å². The topological polar surface area (TPSA) is 56.1 Å². The summed E-state index contributed by atoms with van der Waals surface area (Å²) in [5.74, 6) is 0.172. The monoisotopic (exact) mass is 243 g/mol. The normalized spacial score (nSPS) is 18.3. The largest absolute Gasteiger partial charge is 0.316 e. The Balaban J connectivity index is 2.14. The van der Waals surface area contributed by atoms with E-state index >= 15 is 0 Å². The third kappa shape index (κ3) is 2.88. The highest BCUT2D eigenvalue weighted by atomic mass is 16.2. The minimum atomic E-state index is 0.0453. The third-order valence-corrected chi connectivity index (χ3v) is 3.19. The smallest absolute Gasteiger partial charge is 0.231 e. The van der Waals surface area contributed by atoms with Crippen molar-refractivity contribution in [1.82, 2.24) is 5.32 Å². The van der Waals surface area contributed by atoms with Gasteiger partial charge in [0.15, 0.2) is 0 Å². The van der Waals surface area contributed by atoms with Crippen LogP contribution in [0.1, 0.15) is 12.8 Å². The van der Waals surface area contributed by atoms with Crippen LogP contribution in [0.5, 0.6) is 0 Å². The second-order valence-corrected chi connectivity index (χ2v) is 4.42. The van der Waals surface area contributed by atoms with Crippen LogP contribution in [0.25, 0.3) is 0 Å². The predicted octanol–water partition coefficient (Wildman–Crippen LogP) is 1.54. The summed E-state index contributed by atoms with van der Waals surface area (Å²) in [6.45, 7) is 2.11. The average molecular weight is 243 g/mol. The Morgan fingerprint density at radius 3 is 2.83 bits per heavy atom. The van der Waals surface area contributed by atoms with Crippen molar-refractivity contribution >= 4 is 11.6 Å². The molecule has 1 aromatic rings. The molecule has 1 fully saturated rings. The number of carbonyl (C=O) groups is 1. The molecular formula is C14H17N3O. The maximum Gasteiger partial charge on any atom is 0.231 e. The Morgan fingerprint density at radius 1 is 1.44 bits per heavy atom. The van der Waals surface area contributed by atoms with Crippen LogP contribution in [-0.4, -0.2) is 25.5 Å². The first kappa shape index (κ1) is 12.6. The van der Waals surface area contributed by atoms with Gasteiger partial charge in [0.1, 0.15) is 0 Å². The van der Waals surface area contributed by atoms with Crippen LogP contribution in [0.15, 0.2) is 30.3 Å². The number of hydrogen-bond donors (Lipinski definition) is 1. The molecule has 4 nitrogen and oxygen atoms in total. The van der Waals surface area contributed by atoms with E-state index in [0.717, 1.165) is 25.2 Å². The van der Waals surface area contributed by atoms with Gasteiger partial charge in [0.2, 0.25) is 5.91 Å². The molecule has 0 spiro atoms. The van der Waals surface area contributed by atoms with Gasteiger partial charge in [0.05, 0.1) is 18.4 Å². The minimum Gasteiger partial charge on any atom is -0.316 e. The first-order chi connectivity index (χ1) is 8.83. The van der Waals surface area contributed by atoms with Crippen molar-refractivity contribution < 1.29 is 4.79 Å². The number of benzene rings is 1. The van der Waals surface area contributed by atoms with Crippen LogP contribution in [0, 0.1) is 17.2 Å². The molecule has 1 N–H and O–H groups in total. The van der Waals surface area contributed by atoms with E-state index in [1.165, 1.54) is 0 Å². The molecule has 1 amide bonds. The summed E-state index contributed by atoms with van der Waals surface area (Å²) in [6, 6.07) is 11.7. The summed E-state index contributed by atoms with van der Waals surface area (Å²) in [5, 5.41) is 11.9. The number of nitrogens with one attached hydrogen (secondary N) is 1. The van der Waals surface area contributed by atoms with Crippen molar-refractivity contribution in [3.63, 3.8) is 0 Å². The van der Waals surface area contributed by atoms with Crippen molar-refractivity contribution in [2.75, 3.05) is 24.5 Å². The van der Waals surface area contributed by atoms with Gasteiger partial charge in [-0.2, -0.15) is 5.26 Å². The summed E-state index contributed by atoms with van der Waals surface area (Å²) < 4.78 is 0. The van der Waals surface area contributed by atoms with Crippen molar-refractivity contribution in [3.05, 3.63) is 30.3 Å². The van der Waals surface area contributed by atoms with Crippen molar-refractivity contribution in [2.45, 2.75) is 12.8 Å². The zero-order valence-corrected chi connectivity index (χ0v) is 10.3. The van der Waals surface area contributed by atoms with Gasteiger partial charge in [-0.15, -0.1) is 0 Å². The molecule has 0 radical (unpaired) electrons. The molecule has 0 aromatic heterocycles. The van der Waals surface area contributed by atoms with Crippen LogP contribution < -0.4 is 10.2 Å². The maximum absolute atomic E-state index is 12.4. The van der Waals surface area contributed by atoms with Gasteiger partial charge in [-0.1, -0.05) is 18.2 Å². The molecule has 94 valence electrons. The Kier molecular flexibility index (Phi) is 4.32. The molecule has 1 aromatic carbocycles. The molecule has 1 aliphatic rings. The van der Waals surface area contributed by atoms with E-state index in [9.17, 15) is 4.79 Å². The van der Waals surface area contributed by atoms with Gasteiger partial charge in [-0.25, -0.2) is 0 Å². The van der Waals surface area contributed by atoms with Crippen molar-refractivity contribution in [1.29, 1.82) is 5.26 Å². The van der Waals surface area contributed by atoms with Gasteiger partial charge in [-0.3, -0.25) is 4.79 Å². The lowest BCUT2D eigenvalue weighted by Gasteiger charge is -2.24. The van der Waals surface area contributed by atoms with Crippen LogP contribution in [0.3, 0.4) is 0 Å². The number of hydrogen-bond acceptors (Lipinski definition) is 3. The number of rotatable bonds is 4. The van der Waals surface area contributed by atoms with Gasteiger partial charge >= 0.3 is 0 Å². The van der Waals surface area contributed by atoms with Crippen LogP contribution >= 0.6 is 0 Å². The molecule has 2 rings (SSSR count). The van der Waals surface area contributed by atoms with Crippen LogP contribution in [-0.2, 0) is 4.79 Å². The van der Waals surface area contributed by atoms with E-state index in [0.29, 0.717) is 13.0 Å². The summed E-state index contributed by atoms with van der Waals surface area (Å²) in [5.41, 5.74) is 0.879. The van der Waals surface area contributed by atoms with E-state index in [-0.39, 0.29) is 11.8 Å². The van der Waals surface area contributed by atoms with Crippen molar-refractivity contribution in [2.24, 2.45) is 5.92 Å². The standard InChI is InChI=1S/C14H17N3O/c15-8-4-10-17(13-5-2-1-3-6-13)14(18)12-7-9-16-11-12/h1-3,5-6,12,16H,4,7,9-11H2. The number of para-hydroxylation sites is 1. The highest BCUT2D eigenvalue weighted by Crippen LogP contribution is 2.19. The van der Waals surface area contributed by atoms with E-state index in [4.69, 9.17) is 5.26 Å². The molecular weight excluding hydrogens is 226 g/mol. The van der Waals surface area contributed by atoms with Crippen molar-refractivity contribution in [3.8, 4) is 6.07 Å². The van der Waals surface area contributed by atoms with E-state index in [1.807, 2.05) is 30.3 Å². The molecule has 1 unspecified atom stereocenters. The summed E-state index contributed by atoms with van der Waals surface area (Å²) in [6.07, 6.45) is 1.25. The number of nitriles is 1. The first-order valence-electron chi connectivity index (χ1n) is 6.27. The van der Waals surface area contributed by atoms with E-state index < -0.39 is 0 Å². The fourth-order valence-electron chi connectivity index (χ4n) is 2.22. The predicted molar refractivity (Wildman–Crippen MR) is 70.0 cm³/mol. The highest BCUT2D eigenvalue weighted by Gasteiger charge is 2.27. The minimum absolute atomic E-state index is 0.0453. The Bertz CT molecular complexity index is 432. The zero-order valence-electron chi connectivity index (χ0n) is 10.3. The lowest BCUT2D eigenvalue weighted by Crippen LogP contribution is -2.37. The first-order valence-corrected chi connectivity index (χ1v) is 6.27. The third-order valence-electron chi connectivity index (χ3n) is 3.19. The zero-order chi connectivity index (χ0) is 12.8. The molecule has 1 aliphatic heterocycles. The molecule has 1 heterocycles. The molecule has 0 saturated carbocycles. The summed E-state index contributed by atoms with van der Waals surface area (Å²) in [7, 11) is 0. The lowest BCUT2D eigenvalue weighted by atomic mass is 10.1. The van der Waals surface area contributed by atoms with E-state index in [1.54, 1.807) is 4.90 Å². The van der Waals surface area contributed by atoms with Gasteiger partial charge in [0, 0.05) is 18.8 Å². The van der Waals surface area contributed by atoms with Crippen LogP contribution in [0.2, 0.25) is 0 Å². The molecule has 18 heavy (non-hydrogen) atoms. The Hall–Kier alpha value is -1.86.